The van der Waals surface area contributed by atoms with Crippen LogP contribution in [-0.4, -0.2) is 60.8 Å². The van der Waals surface area contributed by atoms with E-state index in [1.807, 2.05) is 11.8 Å². The maximum atomic E-state index is 12.0. The van der Waals surface area contributed by atoms with Gasteiger partial charge in [0.05, 0.1) is 12.0 Å². The first-order chi connectivity index (χ1) is 9.55. The molecule has 0 radical (unpaired) electrons. The Hall–Kier alpha value is -1.14. The summed E-state index contributed by atoms with van der Waals surface area (Å²) in [5, 5.41) is 12.3. The number of ether oxygens (including phenoxy) is 1. The lowest BCUT2D eigenvalue weighted by molar-refractivity contribution is -0.148. The first-order valence-corrected chi connectivity index (χ1v) is 7.38. The summed E-state index contributed by atoms with van der Waals surface area (Å²) in [6.45, 7) is 4.76. The van der Waals surface area contributed by atoms with Crippen molar-refractivity contribution in [2.24, 2.45) is 5.41 Å². The van der Waals surface area contributed by atoms with Gasteiger partial charge >= 0.3 is 5.97 Å². The molecule has 1 unspecified atom stereocenters. The number of carbonyl (C=O) groups is 2. The van der Waals surface area contributed by atoms with Gasteiger partial charge in [0.25, 0.3) is 0 Å². The van der Waals surface area contributed by atoms with E-state index in [4.69, 9.17) is 4.74 Å². The van der Waals surface area contributed by atoms with Crippen LogP contribution in [0.2, 0.25) is 0 Å². The Morgan fingerprint density at radius 1 is 1.40 bits per heavy atom. The fraction of sp³-hybridized carbons (Fsp3) is 0.857. The number of aliphatic carboxylic acids is 1. The lowest BCUT2D eigenvalue weighted by Gasteiger charge is -2.25. The number of likely N-dealkylation sites (tertiary alicyclic amines) is 1. The summed E-state index contributed by atoms with van der Waals surface area (Å²) in [4.78, 5) is 25.3. The smallest absolute Gasteiger partial charge is 0.310 e. The lowest BCUT2D eigenvalue weighted by Crippen LogP contribution is -2.44. The maximum Gasteiger partial charge on any atom is 0.310 e. The molecule has 0 aromatic rings. The molecule has 2 aliphatic rings. The number of hydrogen-bond acceptors (Lipinski definition) is 4. The van der Waals surface area contributed by atoms with E-state index in [1.165, 1.54) is 0 Å². The Morgan fingerprint density at radius 3 is 2.65 bits per heavy atom. The van der Waals surface area contributed by atoms with Gasteiger partial charge in [-0.2, -0.15) is 0 Å². The minimum Gasteiger partial charge on any atom is -0.481 e. The topological polar surface area (TPSA) is 78.9 Å². The van der Waals surface area contributed by atoms with E-state index < -0.39 is 11.4 Å². The average molecular weight is 284 g/mol. The van der Waals surface area contributed by atoms with Gasteiger partial charge in [-0.25, -0.2) is 0 Å². The molecule has 2 fully saturated rings. The summed E-state index contributed by atoms with van der Waals surface area (Å²) < 4.78 is 5.26. The molecule has 20 heavy (non-hydrogen) atoms. The third kappa shape index (κ3) is 3.49. The summed E-state index contributed by atoms with van der Waals surface area (Å²) in [5.74, 6) is -0.749. The zero-order valence-corrected chi connectivity index (χ0v) is 12.1. The van der Waals surface area contributed by atoms with Crippen LogP contribution < -0.4 is 5.32 Å². The highest BCUT2D eigenvalue weighted by Gasteiger charge is 2.43. The van der Waals surface area contributed by atoms with Gasteiger partial charge in [-0.15, -0.1) is 0 Å². The molecule has 1 atom stereocenters. The van der Waals surface area contributed by atoms with Crippen molar-refractivity contribution in [2.45, 2.75) is 38.6 Å². The summed E-state index contributed by atoms with van der Waals surface area (Å²) >= 11 is 0. The number of hydrogen-bond donors (Lipinski definition) is 2. The van der Waals surface area contributed by atoms with Crippen LogP contribution in [0.25, 0.3) is 0 Å². The van der Waals surface area contributed by atoms with Crippen LogP contribution in [0.5, 0.6) is 0 Å². The highest BCUT2D eigenvalue weighted by atomic mass is 16.5. The van der Waals surface area contributed by atoms with Gasteiger partial charge in [0.1, 0.15) is 0 Å². The first-order valence-electron chi connectivity index (χ1n) is 7.38. The van der Waals surface area contributed by atoms with Gasteiger partial charge < -0.3 is 15.2 Å². The molecule has 6 heteroatoms. The molecule has 0 aromatic heterocycles. The monoisotopic (exact) mass is 284 g/mol. The van der Waals surface area contributed by atoms with E-state index in [0.717, 1.165) is 12.8 Å². The van der Waals surface area contributed by atoms with Crippen LogP contribution in [0.4, 0.5) is 0 Å². The summed E-state index contributed by atoms with van der Waals surface area (Å²) in [6, 6.07) is 0.203. The second-order valence-corrected chi connectivity index (χ2v) is 5.85. The van der Waals surface area contributed by atoms with Crippen LogP contribution in [0, 0.1) is 5.41 Å². The van der Waals surface area contributed by atoms with Crippen molar-refractivity contribution >= 4 is 11.9 Å². The predicted octanol–water partition coefficient (Wildman–Crippen LogP) is 0.468. The normalized spacial score (nSPS) is 28.4. The highest BCUT2D eigenvalue weighted by molar-refractivity contribution is 5.79. The zero-order valence-electron chi connectivity index (χ0n) is 12.1. The van der Waals surface area contributed by atoms with E-state index >= 15 is 0 Å². The molecule has 2 aliphatic heterocycles. The van der Waals surface area contributed by atoms with Crippen LogP contribution in [0.15, 0.2) is 0 Å². The molecule has 0 bridgehead atoms. The predicted molar refractivity (Wildman–Crippen MR) is 73.4 cm³/mol. The van der Waals surface area contributed by atoms with E-state index in [2.05, 4.69) is 5.32 Å². The second kappa shape index (κ2) is 6.54. The number of carbonyl (C=O) groups excluding carboxylic acids is 1. The van der Waals surface area contributed by atoms with E-state index in [-0.39, 0.29) is 11.9 Å². The van der Waals surface area contributed by atoms with Crippen LogP contribution in [0.1, 0.15) is 32.6 Å². The van der Waals surface area contributed by atoms with Crippen molar-refractivity contribution in [3.05, 3.63) is 0 Å². The molecule has 2 saturated heterocycles. The highest BCUT2D eigenvalue weighted by Crippen LogP contribution is 2.33. The molecule has 1 amide bonds. The van der Waals surface area contributed by atoms with Crippen molar-refractivity contribution < 1.29 is 19.4 Å². The molecule has 2 N–H and O–H groups in total. The minimum atomic E-state index is -0.743. The standard InChI is InChI=1S/C14H24N2O4/c1-2-14(13(18)19)5-6-16(10-14)9-12(17)15-11-3-7-20-8-4-11/h11H,2-10H2,1H3,(H,15,17)(H,18,19). The molecule has 6 nitrogen and oxygen atoms in total. The van der Waals surface area contributed by atoms with E-state index in [9.17, 15) is 14.7 Å². The molecule has 0 aromatic carbocycles. The molecule has 2 rings (SSSR count). The SMILES string of the molecule is CCC1(C(=O)O)CCN(CC(=O)NC2CCOCC2)C1. The quantitative estimate of drug-likeness (QED) is 0.767. The van der Waals surface area contributed by atoms with E-state index in [1.54, 1.807) is 0 Å². The number of amides is 1. The molecule has 0 spiro atoms. The van der Waals surface area contributed by atoms with Crippen LogP contribution in [-0.2, 0) is 14.3 Å². The summed E-state index contributed by atoms with van der Waals surface area (Å²) in [7, 11) is 0. The third-order valence-electron chi connectivity index (χ3n) is 4.52. The van der Waals surface area contributed by atoms with Crippen LogP contribution >= 0.6 is 0 Å². The summed E-state index contributed by atoms with van der Waals surface area (Å²) in [5.41, 5.74) is -0.668. The van der Waals surface area contributed by atoms with Gasteiger partial charge in [-0.05, 0) is 32.2 Å². The number of carboxylic acid groups (broad SMARTS) is 1. The fourth-order valence-electron chi connectivity index (χ4n) is 3.03. The summed E-state index contributed by atoms with van der Waals surface area (Å²) in [6.07, 6.45) is 2.96. The van der Waals surface area contributed by atoms with E-state index in [0.29, 0.717) is 45.7 Å². The molecular weight excluding hydrogens is 260 g/mol. The van der Waals surface area contributed by atoms with Gasteiger partial charge in [0.2, 0.25) is 5.91 Å². The maximum absolute atomic E-state index is 12.0. The van der Waals surface area contributed by atoms with Gasteiger partial charge in [0, 0.05) is 25.8 Å². The van der Waals surface area contributed by atoms with Crippen molar-refractivity contribution in [3.63, 3.8) is 0 Å². The number of nitrogens with one attached hydrogen (secondary N) is 1. The minimum absolute atomic E-state index is 0.00538. The molecular formula is C14H24N2O4. The molecule has 0 saturated carbocycles. The molecule has 0 aliphatic carbocycles. The van der Waals surface area contributed by atoms with Gasteiger partial charge in [-0.1, -0.05) is 6.92 Å². The average Bonchev–Trinajstić information content (AvgIpc) is 2.84. The molecule has 114 valence electrons. The Bertz CT molecular complexity index is 368. The molecule has 2 heterocycles. The van der Waals surface area contributed by atoms with Crippen molar-refractivity contribution in [3.8, 4) is 0 Å². The number of rotatable bonds is 5. The lowest BCUT2D eigenvalue weighted by atomic mass is 9.84. The second-order valence-electron chi connectivity index (χ2n) is 5.85. The van der Waals surface area contributed by atoms with Crippen molar-refractivity contribution in [1.29, 1.82) is 0 Å². The number of carboxylic acids is 1. The van der Waals surface area contributed by atoms with Crippen LogP contribution in [0.3, 0.4) is 0 Å². The van der Waals surface area contributed by atoms with Gasteiger partial charge in [0.15, 0.2) is 0 Å². The first kappa shape index (κ1) is 15.3. The Labute approximate surface area is 119 Å². The fourth-order valence-corrected chi connectivity index (χ4v) is 3.03. The Kier molecular flexibility index (Phi) is 4.99. The zero-order chi connectivity index (χ0) is 14.6. The van der Waals surface area contributed by atoms with Crippen molar-refractivity contribution in [2.75, 3.05) is 32.8 Å². The van der Waals surface area contributed by atoms with Gasteiger partial charge in [-0.3, -0.25) is 14.5 Å². The number of nitrogens with zero attached hydrogens (tertiary/aromatic N) is 1. The third-order valence-corrected chi connectivity index (χ3v) is 4.52. The van der Waals surface area contributed by atoms with Crippen molar-refractivity contribution in [1.82, 2.24) is 10.2 Å². The largest absolute Gasteiger partial charge is 0.481 e. The Morgan fingerprint density at radius 2 is 2.10 bits per heavy atom. The Balaban J connectivity index is 1.79.